The Balaban J connectivity index is 2.32. The van der Waals surface area contributed by atoms with Crippen LogP contribution in [0.2, 0.25) is 0 Å². The number of carbonyl (C=O) groups is 1. The SMILES string of the molecule is O=C(NCCCCCCI)c1ccc(O)cc1F. The Hall–Kier alpha value is -0.850. The molecular weight excluding hydrogens is 348 g/mol. The summed E-state index contributed by atoms with van der Waals surface area (Å²) in [7, 11) is 0. The molecule has 0 aliphatic carbocycles. The second-order valence-electron chi connectivity index (χ2n) is 4.02. The normalized spacial score (nSPS) is 10.3. The second kappa shape index (κ2) is 8.29. The molecule has 0 fully saturated rings. The average molecular weight is 365 g/mol. The Morgan fingerprint density at radius 1 is 1.28 bits per heavy atom. The number of phenols is 1. The standard InChI is InChI=1S/C13H17FINO2/c14-12-9-10(17)5-6-11(12)13(18)16-8-4-2-1-3-7-15/h5-6,9,17H,1-4,7-8H2,(H,16,18). The Bertz CT molecular complexity index is 399. The predicted octanol–water partition coefficient (Wildman–Crippen LogP) is 3.26. The Morgan fingerprint density at radius 3 is 2.67 bits per heavy atom. The minimum atomic E-state index is -0.697. The second-order valence-corrected chi connectivity index (χ2v) is 5.10. The van der Waals surface area contributed by atoms with Crippen LogP contribution < -0.4 is 5.32 Å². The summed E-state index contributed by atoms with van der Waals surface area (Å²) >= 11 is 2.34. The number of carbonyl (C=O) groups excluding carboxylic acids is 1. The van der Waals surface area contributed by atoms with E-state index in [1.165, 1.54) is 18.6 Å². The number of hydrogen-bond donors (Lipinski definition) is 2. The molecule has 1 aromatic carbocycles. The van der Waals surface area contributed by atoms with Gasteiger partial charge in [0, 0.05) is 12.6 Å². The highest BCUT2D eigenvalue weighted by Crippen LogP contribution is 2.14. The van der Waals surface area contributed by atoms with Gasteiger partial charge in [-0.05, 0) is 29.4 Å². The highest BCUT2D eigenvalue weighted by molar-refractivity contribution is 14.1. The van der Waals surface area contributed by atoms with Crippen molar-refractivity contribution in [1.29, 1.82) is 0 Å². The lowest BCUT2D eigenvalue weighted by atomic mass is 10.1. The van der Waals surface area contributed by atoms with E-state index >= 15 is 0 Å². The van der Waals surface area contributed by atoms with Crippen LogP contribution in [0.5, 0.6) is 5.75 Å². The van der Waals surface area contributed by atoms with Crippen molar-refractivity contribution in [1.82, 2.24) is 5.32 Å². The molecule has 0 atom stereocenters. The molecule has 0 radical (unpaired) electrons. The number of amides is 1. The van der Waals surface area contributed by atoms with E-state index in [9.17, 15) is 9.18 Å². The fourth-order valence-electron chi connectivity index (χ4n) is 1.56. The van der Waals surface area contributed by atoms with Gasteiger partial charge >= 0.3 is 0 Å². The van der Waals surface area contributed by atoms with Gasteiger partial charge in [0.1, 0.15) is 11.6 Å². The molecule has 100 valence electrons. The zero-order valence-corrected chi connectivity index (χ0v) is 12.2. The zero-order chi connectivity index (χ0) is 13.4. The van der Waals surface area contributed by atoms with E-state index < -0.39 is 11.7 Å². The van der Waals surface area contributed by atoms with Crippen molar-refractivity contribution >= 4 is 28.5 Å². The smallest absolute Gasteiger partial charge is 0.254 e. The quantitative estimate of drug-likeness (QED) is 0.443. The van der Waals surface area contributed by atoms with Gasteiger partial charge in [-0.25, -0.2) is 4.39 Å². The summed E-state index contributed by atoms with van der Waals surface area (Å²) in [5, 5.41) is 11.7. The van der Waals surface area contributed by atoms with Gasteiger partial charge in [-0.15, -0.1) is 0 Å². The van der Waals surface area contributed by atoms with Crippen LogP contribution in [-0.4, -0.2) is 22.0 Å². The lowest BCUT2D eigenvalue weighted by Gasteiger charge is -2.06. The number of rotatable bonds is 7. The largest absolute Gasteiger partial charge is 0.508 e. The monoisotopic (exact) mass is 365 g/mol. The maximum Gasteiger partial charge on any atom is 0.254 e. The maximum absolute atomic E-state index is 13.4. The topological polar surface area (TPSA) is 49.3 Å². The molecule has 0 aromatic heterocycles. The third-order valence-electron chi connectivity index (χ3n) is 2.54. The van der Waals surface area contributed by atoms with E-state index in [-0.39, 0.29) is 11.3 Å². The van der Waals surface area contributed by atoms with Crippen molar-refractivity contribution in [3.05, 3.63) is 29.6 Å². The van der Waals surface area contributed by atoms with E-state index in [1.807, 2.05) is 0 Å². The number of benzene rings is 1. The number of phenolic OH excluding ortho intramolecular Hbond substituents is 1. The summed E-state index contributed by atoms with van der Waals surface area (Å²) in [4.78, 5) is 11.6. The Kier molecular flexibility index (Phi) is 7.00. The third-order valence-corrected chi connectivity index (χ3v) is 3.31. The van der Waals surface area contributed by atoms with Crippen LogP contribution in [0.1, 0.15) is 36.0 Å². The number of alkyl halides is 1. The molecule has 0 unspecified atom stereocenters. The summed E-state index contributed by atoms with van der Waals surface area (Å²) in [6.45, 7) is 0.556. The van der Waals surface area contributed by atoms with Crippen molar-refractivity contribution < 1.29 is 14.3 Å². The number of halogens is 2. The van der Waals surface area contributed by atoms with Crippen molar-refractivity contribution in [3.63, 3.8) is 0 Å². The third kappa shape index (κ3) is 5.20. The van der Waals surface area contributed by atoms with Crippen LogP contribution in [0.25, 0.3) is 0 Å². The molecule has 18 heavy (non-hydrogen) atoms. The molecule has 0 spiro atoms. The van der Waals surface area contributed by atoms with Gasteiger partial charge < -0.3 is 10.4 Å². The first-order chi connectivity index (χ1) is 8.65. The van der Waals surface area contributed by atoms with Crippen LogP contribution in [0.4, 0.5) is 4.39 Å². The summed E-state index contributed by atoms with van der Waals surface area (Å²) < 4.78 is 14.5. The van der Waals surface area contributed by atoms with Crippen molar-refractivity contribution in [3.8, 4) is 5.75 Å². The van der Waals surface area contributed by atoms with Crippen LogP contribution in [0, 0.1) is 5.82 Å². The fraction of sp³-hybridized carbons (Fsp3) is 0.462. The zero-order valence-electron chi connectivity index (χ0n) is 10.1. The first-order valence-corrected chi connectivity index (χ1v) is 7.50. The highest BCUT2D eigenvalue weighted by Gasteiger charge is 2.11. The van der Waals surface area contributed by atoms with Crippen LogP contribution in [0.15, 0.2) is 18.2 Å². The van der Waals surface area contributed by atoms with Crippen molar-refractivity contribution in [2.24, 2.45) is 0 Å². The van der Waals surface area contributed by atoms with Crippen molar-refractivity contribution in [2.45, 2.75) is 25.7 Å². The number of nitrogens with one attached hydrogen (secondary N) is 1. The molecule has 3 nitrogen and oxygen atoms in total. The minimum absolute atomic E-state index is 0.0277. The van der Waals surface area contributed by atoms with E-state index in [0.717, 1.165) is 29.8 Å². The van der Waals surface area contributed by atoms with Gasteiger partial charge in [-0.1, -0.05) is 35.4 Å². The van der Waals surface area contributed by atoms with Gasteiger partial charge in [0.05, 0.1) is 5.56 Å². The molecule has 2 N–H and O–H groups in total. The Morgan fingerprint density at radius 2 is 2.00 bits per heavy atom. The molecule has 0 bridgehead atoms. The fourth-order valence-corrected chi connectivity index (χ4v) is 2.10. The van der Waals surface area contributed by atoms with Crippen molar-refractivity contribution in [2.75, 3.05) is 11.0 Å². The molecule has 0 heterocycles. The van der Waals surface area contributed by atoms with E-state index in [4.69, 9.17) is 5.11 Å². The molecule has 1 aromatic rings. The predicted molar refractivity (Wildman–Crippen MR) is 77.8 cm³/mol. The molecule has 1 rings (SSSR count). The summed E-state index contributed by atoms with van der Waals surface area (Å²) in [5.41, 5.74) is -0.0277. The van der Waals surface area contributed by atoms with E-state index in [0.29, 0.717) is 6.54 Å². The Labute approximate surface area is 120 Å². The number of unbranched alkanes of at least 4 members (excludes halogenated alkanes) is 3. The van der Waals surface area contributed by atoms with Gasteiger partial charge in [-0.2, -0.15) is 0 Å². The molecule has 0 saturated heterocycles. The van der Waals surface area contributed by atoms with E-state index in [2.05, 4.69) is 27.9 Å². The summed E-state index contributed by atoms with van der Waals surface area (Å²) in [5.74, 6) is -1.30. The van der Waals surface area contributed by atoms with Gasteiger partial charge in [-0.3, -0.25) is 4.79 Å². The molecule has 0 aliphatic heterocycles. The van der Waals surface area contributed by atoms with Gasteiger partial charge in [0.15, 0.2) is 0 Å². The summed E-state index contributed by atoms with van der Waals surface area (Å²) in [6, 6.07) is 3.53. The minimum Gasteiger partial charge on any atom is -0.508 e. The number of hydrogen-bond acceptors (Lipinski definition) is 2. The van der Waals surface area contributed by atoms with Gasteiger partial charge in [0.25, 0.3) is 5.91 Å². The first-order valence-electron chi connectivity index (χ1n) is 5.98. The molecular formula is C13H17FINO2. The van der Waals surface area contributed by atoms with Crippen LogP contribution in [0.3, 0.4) is 0 Å². The van der Waals surface area contributed by atoms with Crippen LogP contribution >= 0.6 is 22.6 Å². The highest BCUT2D eigenvalue weighted by atomic mass is 127. The molecule has 5 heteroatoms. The average Bonchev–Trinajstić information content (AvgIpc) is 2.33. The number of aromatic hydroxyl groups is 1. The maximum atomic E-state index is 13.4. The first kappa shape index (κ1) is 15.2. The van der Waals surface area contributed by atoms with E-state index in [1.54, 1.807) is 0 Å². The molecule has 0 saturated carbocycles. The van der Waals surface area contributed by atoms with Crippen LogP contribution in [-0.2, 0) is 0 Å². The molecule has 1 amide bonds. The summed E-state index contributed by atoms with van der Waals surface area (Å²) in [6.07, 6.45) is 4.33. The lowest BCUT2D eigenvalue weighted by Crippen LogP contribution is -2.25. The molecule has 0 aliphatic rings. The van der Waals surface area contributed by atoms with Gasteiger partial charge in [0.2, 0.25) is 0 Å². The lowest BCUT2D eigenvalue weighted by molar-refractivity contribution is 0.0949.